The molecule has 0 aliphatic carbocycles. The molecule has 0 atom stereocenters. The Balaban J connectivity index is 2.56. The average molecular weight is 111 g/mol. The van der Waals surface area contributed by atoms with Crippen molar-refractivity contribution in [3.63, 3.8) is 0 Å². The summed E-state index contributed by atoms with van der Waals surface area (Å²) in [5, 5.41) is 3.37. The van der Waals surface area contributed by atoms with Gasteiger partial charge in [-0.05, 0) is 26.8 Å². The van der Waals surface area contributed by atoms with E-state index < -0.39 is 0 Å². The lowest BCUT2D eigenvalue weighted by Gasteiger charge is -2.25. The van der Waals surface area contributed by atoms with E-state index in [1.54, 1.807) is 0 Å². The van der Waals surface area contributed by atoms with Gasteiger partial charge in [0.05, 0.1) is 0 Å². The van der Waals surface area contributed by atoms with Crippen LogP contribution < -0.4 is 5.32 Å². The molecule has 0 saturated carbocycles. The minimum Gasteiger partial charge on any atom is -0.308 e. The first-order valence-corrected chi connectivity index (χ1v) is 3.13. The van der Waals surface area contributed by atoms with Gasteiger partial charge in [0.25, 0.3) is 0 Å². The van der Waals surface area contributed by atoms with Gasteiger partial charge in [0.1, 0.15) is 0 Å². The van der Waals surface area contributed by atoms with Crippen molar-refractivity contribution in [1.82, 2.24) is 5.32 Å². The summed E-state index contributed by atoms with van der Waals surface area (Å²) in [4.78, 5) is 0. The molecule has 46 valence electrons. The van der Waals surface area contributed by atoms with E-state index in [9.17, 15) is 0 Å². The van der Waals surface area contributed by atoms with Crippen LogP contribution in [0.1, 0.15) is 20.3 Å². The maximum atomic E-state index is 3.37. The van der Waals surface area contributed by atoms with Crippen molar-refractivity contribution in [2.45, 2.75) is 25.8 Å². The number of nitrogens with one attached hydrogen (secondary N) is 1. The zero-order chi connectivity index (χ0) is 6.04. The van der Waals surface area contributed by atoms with E-state index in [0.29, 0.717) is 0 Å². The van der Waals surface area contributed by atoms with Crippen LogP contribution >= 0.6 is 0 Å². The third-order valence-electron chi connectivity index (χ3n) is 1.43. The van der Waals surface area contributed by atoms with Crippen LogP contribution in [0.2, 0.25) is 0 Å². The molecule has 0 aromatic carbocycles. The summed E-state index contributed by atoms with van der Waals surface area (Å²) < 4.78 is 0. The van der Waals surface area contributed by atoms with Crippen LogP contribution in [0.15, 0.2) is 12.2 Å². The Morgan fingerprint density at radius 1 is 1.50 bits per heavy atom. The first kappa shape index (κ1) is 5.83. The van der Waals surface area contributed by atoms with Gasteiger partial charge in [-0.2, -0.15) is 0 Å². The molecule has 1 rings (SSSR count). The Hall–Kier alpha value is -0.300. The summed E-state index contributed by atoms with van der Waals surface area (Å²) in [7, 11) is 0. The van der Waals surface area contributed by atoms with E-state index >= 15 is 0 Å². The van der Waals surface area contributed by atoms with Crippen molar-refractivity contribution in [3.8, 4) is 0 Å². The van der Waals surface area contributed by atoms with Gasteiger partial charge in [-0.15, -0.1) is 0 Å². The average Bonchev–Trinajstić information content (AvgIpc) is 1.65. The summed E-state index contributed by atoms with van der Waals surface area (Å²) in [5.41, 5.74) is 0.248. The maximum Gasteiger partial charge on any atom is 0.0307 e. The predicted octanol–water partition coefficient (Wildman–Crippen LogP) is 1.31. The minimum atomic E-state index is 0.248. The second-order valence-corrected chi connectivity index (χ2v) is 2.84. The number of hydrogen-bond donors (Lipinski definition) is 1. The van der Waals surface area contributed by atoms with Gasteiger partial charge in [0.2, 0.25) is 0 Å². The van der Waals surface area contributed by atoms with Crippen molar-refractivity contribution in [2.24, 2.45) is 0 Å². The Morgan fingerprint density at radius 3 is 2.50 bits per heavy atom. The Bertz CT molecular complexity index is 103. The quantitative estimate of drug-likeness (QED) is 0.465. The topological polar surface area (TPSA) is 12.0 Å². The molecule has 0 aromatic heterocycles. The second kappa shape index (κ2) is 1.90. The normalized spacial score (nSPS) is 25.8. The van der Waals surface area contributed by atoms with Gasteiger partial charge in [0.15, 0.2) is 0 Å². The van der Waals surface area contributed by atoms with Crippen LogP contribution in [0.3, 0.4) is 0 Å². The fourth-order valence-corrected chi connectivity index (χ4v) is 0.915. The van der Waals surface area contributed by atoms with Crippen LogP contribution in [-0.2, 0) is 0 Å². The first-order valence-electron chi connectivity index (χ1n) is 3.13. The van der Waals surface area contributed by atoms with Gasteiger partial charge in [-0.3, -0.25) is 0 Å². The Kier molecular flexibility index (Phi) is 1.39. The molecule has 1 aliphatic heterocycles. The van der Waals surface area contributed by atoms with Gasteiger partial charge < -0.3 is 5.32 Å². The Morgan fingerprint density at radius 2 is 2.25 bits per heavy atom. The van der Waals surface area contributed by atoms with Crippen molar-refractivity contribution in [1.29, 1.82) is 0 Å². The molecule has 0 spiro atoms. The summed E-state index contributed by atoms with van der Waals surface area (Å²) >= 11 is 0. The lowest BCUT2D eigenvalue weighted by atomic mass is 10.0. The first-order chi connectivity index (χ1) is 3.71. The van der Waals surface area contributed by atoms with Crippen LogP contribution in [0.4, 0.5) is 0 Å². The maximum absolute atomic E-state index is 3.37. The number of rotatable bonds is 0. The van der Waals surface area contributed by atoms with Gasteiger partial charge in [-0.1, -0.05) is 12.2 Å². The molecule has 0 unspecified atom stereocenters. The zero-order valence-electron chi connectivity index (χ0n) is 5.57. The van der Waals surface area contributed by atoms with Crippen LogP contribution in [0, 0.1) is 0 Å². The molecule has 0 aromatic rings. The largest absolute Gasteiger partial charge is 0.308 e. The lowest BCUT2D eigenvalue weighted by Crippen LogP contribution is -2.39. The number of hydrogen-bond acceptors (Lipinski definition) is 1. The summed E-state index contributed by atoms with van der Waals surface area (Å²) in [6.45, 7) is 5.49. The fourth-order valence-electron chi connectivity index (χ4n) is 0.915. The molecule has 0 saturated heterocycles. The van der Waals surface area contributed by atoms with E-state index in [0.717, 1.165) is 6.54 Å². The molecule has 1 heterocycles. The highest BCUT2D eigenvalue weighted by Crippen LogP contribution is 2.08. The molecule has 8 heavy (non-hydrogen) atoms. The van der Waals surface area contributed by atoms with Crippen LogP contribution in [0.25, 0.3) is 0 Å². The lowest BCUT2D eigenvalue weighted by molar-refractivity contribution is 0.462. The highest BCUT2D eigenvalue weighted by atomic mass is 14.9. The zero-order valence-corrected chi connectivity index (χ0v) is 5.57. The third kappa shape index (κ3) is 1.34. The van der Waals surface area contributed by atoms with Crippen molar-refractivity contribution < 1.29 is 0 Å². The highest BCUT2D eigenvalue weighted by molar-refractivity contribution is 5.04. The summed E-state index contributed by atoms with van der Waals surface area (Å²) in [6.07, 6.45) is 5.64. The molecular formula is C7H13N. The van der Waals surface area contributed by atoms with Crippen molar-refractivity contribution >= 4 is 0 Å². The van der Waals surface area contributed by atoms with Crippen LogP contribution in [0.5, 0.6) is 0 Å². The van der Waals surface area contributed by atoms with E-state index in [1.165, 1.54) is 6.42 Å². The molecule has 0 amide bonds. The molecule has 0 radical (unpaired) electrons. The molecule has 1 N–H and O–H groups in total. The van der Waals surface area contributed by atoms with Gasteiger partial charge in [-0.25, -0.2) is 0 Å². The highest BCUT2D eigenvalue weighted by Gasteiger charge is 2.13. The second-order valence-electron chi connectivity index (χ2n) is 2.84. The van der Waals surface area contributed by atoms with E-state index in [-0.39, 0.29) is 5.54 Å². The predicted molar refractivity (Wildman–Crippen MR) is 35.8 cm³/mol. The van der Waals surface area contributed by atoms with E-state index in [1.807, 2.05) is 0 Å². The Labute approximate surface area is 50.8 Å². The monoisotopic (exact) mass is 111 g/mol. The molecule has 0 fully saturated rings. The fraction of sp³-hybridized carbons (Fsp3) is 0.714. The van der Waals surface area contributed by atoms with Crippen molar-refractivity contribution in [3.05, 3.63) is 12.2 Å². The van der Waals surface area contributed by atoms with Gasteiger partial charge >= 0.3 is 0 Å². The summed E-state index contributed by atoms with van der Waals surface area (Å²) in [5.74, 6) is 0. The third-order valence-corrected chi connectivity index (χ3v) is 1.43. The molecular weight excluding hydrogens is 98.1 g/mol. The van der Waals surface area contributed by atoms with Crippen molar-refractivity contribution in [2.75, 3.05) is 6.54 Å². The minimum absolute atomic E-state index is 0.248. The van der Waals surface area contributed by atoms with E-state index in [4.69, 9.17) is 0 Å². The molecule has 1 nitrogen and oxygen atoms in total. The molecule has 0 bridgehead atoms. The standard InChI is InChI=1S/C7H13N/c1-7(2)5-3-4-6-8-7/h3,5,8H,4,6H2,1-2H3. The summed E-state index contributed by atoms with van der Waals surface area (Å²) in [6, 6.07) is 0. The van der Waals surface area contributed by atoms with E-state index in [2.05, 4.69) is 31.3 Å². The SMILES string of the molecule is CC1(C)C=CCCN1. The molecule has 1 aliphatic rings. The molecule has 1 heteroatoms. The van der Waals surface area contributed by atoms with Gasteiger partial charge in [0, 0.05) is 5.54 Å². The van der Waals surface area contributed by atoms with Crippen LogP contribution in [-0.4, -0.2) is 12.1 Å². The smallest absolute Gasteiger partial charge is 0.0307 e.